The summed E-state index contributed by atoms with van der Waals surface area (Å²) in [5.74, 6) is -0.110. The Balaban J connectivity index is 1.92. The molecule has 0 spiro atoms. The summed E-state index contributed by atoms with van der Waals surface area (Å²) in [4.78, 5) is 2.31. The highest BCUT2D eigenvalue weighted by Crippen LogP contribution is 2.36. The van der Waals surface area contributed by atoms with Crippen molar-refractivity contribution < 1.29 is 17.9 Å². The summed E-state index contributed by atoms with van der Waals surface area (Å²) in [6.07, 6.45) is -1.27. The van der Waals surface area contributed by atoms with Crippen molar-refractivity contribution in [3.05, 3.63) is 29.3 Å². The third-order valence-corrected chi connectivity index (χ3v) is 3.66. The van der Waals surface area contributed by atoms with Crippen molar-refractivity contribution in [2.45, 2.75) is 32.0 Å². The van der Waals surface area contributed by atoms with E-state index in [1.165, 1.54) is 18.9 Å². The summed E-state index contributed by atoms with van der Waals surface area (Å²) >= 11 is 0. The van der Waals surface area contributed by atoms with Gasteiger partial charge in [-0.25, -0.2) is 0 Å². The lowest BCUT2D eigenvalue weighted by molar-refractivity contribution is -0.139. The lowest BCUT2D eigenvalue weighted by Gasteiger charge is -2.17. The number of nitrogens with zero attached hydrogens (tertiary/aromatic N) is 1. The molecule has 1 aliphatic rings. The van der Waals surface area contributed by atoms with Crippen LogP contribution in [0, 0.1) is 0 Å². The molecular formula is C15H21F3N2O. The van der Waals surface area contributed by atoms with Crippen LogP contribution in [0.1, 0.15) is 30.4 Å². The van der Waals surface area contributed by atoms with Gasteiger partial charge < -0.3 is 15.4 Å². The molecule has 0 amide bonds. The number of rotatable bonds is 6. The van der Waals surface area contributed by atoms with Gasteiger partial charge in [0.25, 0.3) is 0 Å². The van der Waals surface area contributed by atoms with E-state index in [0.717, 1.165) is 32.1 Å². The van der Waals surface area contributed by atoms with Crippen LogP contribution < -0.4 is 10.5 Å². The second kappa shape index (κ2) is 7.13. The quantitative estimate of drug-likeness (QED) is 0.821. The first-order valence-electron chi connectivity index (χ1n) is 7.26. The van der Waals surface area contributed by atoms with Gasteiger partial charge in [0.1, 0.15) is 5.75 Å². The minimum Gasteiger partial charge on any atom is -0.493 e. The maximum Gasteiger partial charge on any atom is 0.419 e. The number of ether oxygens (including phenoxy) is 1. The van der Waals surface area contributed by atoms with Crippen LogP contribution in [0.4, 0.5) is 13.2 Å². The number of halogens is 3. The fraction of sp³-hybridized carbons (Fsp3) is 0.600. The van der Waals surface area contributed by atoms with Gasteiger partial charge in [0.2, 0.25) is 0 Å². The van der Waals surface area contributed by atoms with Gasteiger partial charge in [0.15, 0.2) is 0 Å². The molecule has 0 saturated carbocycles. The largest absolute Gasteiger partial charge is 0.493 e. The molecule has 1 heterocycles. The molecule has 0 bridgehead atoms. The lowest BCUT2D eigenvalue weighted by Crippen LogP contribution is -2.22. The maximum atomic E-state index is 13.0. The fourth-order valence-corrected chi connectivity index (χ4v) is 2.53. The molecule has 1 aromatic carbocycles. The number of nitrogens with two attached hydrogens (primary N) is 1. The summed E-state index contributed by atoms with van der Waals surface area (Å²) in [5, 5.41) is 0. The van der Waals surface area contributed by atoms with Gasteiger partial charge >= 0.3 is 6.18 Å². The standard InChI is InChI=1S/C15H21F3N2O/c16-15(17,18)13-10-12(11-19)4-5-14(13)21-9-3-8-20-6-1-2-7-20/h4-5,10H,1-3,6-9,11,19H2. The van der Waals surface area contributed by atoms with Crippen molar-refractivity contribution in [1.82, 2.24) is 4.90 Å². The van der Waals surface area contributed by atoms with Crippen LogP contribution >= 0.6 is 0 Å². The average molecular weight is 302 g/mol. The second-order valence-electron chi connectivity index (χ2n) is 5.28. The van der Waals surface area contributed by atoms with Gasteiger partial charge in [-0.15, -0.1) is 0 Å². The van der Waals surface area contributed by atoms with E-state index in [-0.39, 0.29) is 12.3 Å². The Morgan fingerprint density at radius 3 is 2.52 bits per heavy atom. The third kappa shape index (κ3) is 4.61. The van der Waals surface area contributed by atoms with Gasteiger partial charge in [0.05, 0.1) is 12.2 Å². The molecule has 1 fully saturated rings. The SMILES string of the molecule is NCc1ccc(OCCCN2CCCC2)c(C(F)(F)F)c1. The van der Waals surface area contributed by atoms with E-state index in [0.29, 0.717) is 12.2 Å². The van der Waals surface area contributed by atoms with Crippen LogP contribution in [0.5, 0.6) is 5.75 Å². The van der Waals surface area contributed by atoms with Crippen LogP contribution in [0.15, 0.2) is 18.2 Å². The summed E-state index contributed by atoms with van der Waals surface area (Å²) in [6, 6.07) is 4.00. The van der Waals surface area contributed by atoms with Crippen LogP contribution in [0.2, 0.25) is 0 Å². The highest BCUT2D eigenvalue weighted by Gasteiger charge is 2.34. The van der Waals surface area contributed by atoms with E-state index in [2.05, 4.69) is 4.90 Å². The zero-order chi connectivity index (χ0) is 15.3. The molecule has 0 unspecified atom stereocenters. The summed E-state index contributed by atoms with van der Waals surface area (Å²) < 4.78 is 44.3. The summed E-state index contributed by atoms with van der Waals surface area (Å²) in [7, 11) is 0. The topological polar surface area (TPSA) is 38.5 Å². The smallest absolute Gasteiger partial charge is 0.419 e. The van der Waals surface area contributed by atoms with E-state index < -0.39 is 11.7 Å². The number of hydrogen-bond acceptors (Lipinski definition) is 3. The fourth-order valence-electron chi connectivity index (χ4n) is 2.53. The molecule has 1 saturated heterocycles. The van der Waals surface area contributed by atoms with Crippen molar-refractivity contribution in [3.63, 3.8) is 0 Å². The Hall–Kier alpha value is -1.27. The molecule has 2 N–H and O–H groups in total. The minimum atomic E-state index is -4.42. The Morgan fingerprint density at radius 2 is 1.90 bits per heavy atom. The molecule has 118 valence electrons. The lowest BCUT2D eigenvalue weighted by atomic mass is 10.1. The van der Waals surface area contributed by atoms with Crippen molar-refractivity contribution >= 4 is 0 Å². The number of benzene rings is 1. The van der Waals surface area contributed by atoms with E-state index in [9.17, 15) is 13.2 Å². The van der Waals surface area contributed by atoms with Crippen molar-refractivity contribution in [2.24, 2.45) is 5.73 Å². The minimum absolute atomic E-state index is 0.0817. The molecule has 2 rings (SSSR count). The monoisotopic (exact) mass is 302 g/mol. The molecule has 6 heteroatoms. The van der Waals surface area contributed by atoms with E-state index in [1.54, 1.807) is 6.07 Å². The number of likely N-dealkylation sites (tertiary alicyclic amines) is 1. The molecule has 0 aliphatic carbocycles. The zero-order valence-electron chi connectivity index (χ0n) is 12.0. The van der Waals surface area contributed by atoms with Crippen LogP contribution in [0.25, 0.3) is 0 Å². The van der Waals surface area contributed by atoms with E-state index in [1.807, 2.05) is 0 Å². The predicted molar refractivity (Wildman–Crippen MR) is 75.1 cm³/mol. The molecule has 0 atom stereocenters. The molecule has 1 aliphatic heterocycles. The predicted octanol–water partition coefficient (Wildman–Crippen LogP) is 3.03. The van der Waals surface area contributed by atoms with Crippen LogP contribution in [-0.4, -0.2) is 31.1 Å². The Morgan fingerprint density at radius 1 is 1.19 bits per heavy atom. The van der Waals surface area contributed by atoms with Crippen molar-refractivity contribution in [1.29, 1.82) is 0 Å². The third-order valence-electron chi connectivity index (χ3n) is 3.66. The van der Waals surface area contributed by atoms with Gasteiger partial charge in [-0.2, -0.15) is 13.2 Å². The first-order chi connectivity index (χ1) is 10.0. The van der Waals surface area contributed by atoms with Crippen molar-refractivity contribution in [3.8, 4) is 5.75 Å². The zero-order valence-corrected chi connectivity index (χ0v) is 12.0. The average Bonchev–Trinajstić information content (AvgIpc) is 2.96. The Labute approximate surface area is 122 Å². The van der Waals surface area contributed by atoms with Gasteiger partial charge in [-0.05, 0) is 50.0 Å². The van der Waals surface area contributed by atoms with Crippen molar-refractivity contribution in [2.75, 3.05) is 26.2 Å². The Kier molecular flexibility index (Phi) is 5.47. The molecule has 21 heavy (non-hydrogen) atoms. The normalized spacial score (nSPS) is 16.4. The highest BCUT2D eigenvalue weighted by molar-refractivity contribution is 5.39. The van der Waals surface area contributed by atoms with Crippen LogP contribution in [-0.2, 0) is 12.7 Å². The molecule has 3 nitrogen and oxygen atoms in total. The van der Waals surface area contributed by atoms with E-state index in [4.69, 9.17) is 10.5 Å². The first-order valence-corrected chi connectivity index (χ1v) is 7.26. The van der Waals surface area contributed by atoms with Gasteiger partial charge in [-0.1, -0.05) is 6.07 Å². The molecular weight excluding hydrogens is 281 g/mol. The first kappa shape index (κ1) is 16.1. The summed E-state index contributed by atoms with van der Waals surface area (Å²) in [6.45, 7) is 3.42. The molecule has 0 radical (unpaired) electrons. The number of alkyl halides is 3. The summed E-state index contributed by atoms with van der Waals surface area (Å²) in [5.41, 5.74) is 5.10. The van der Waals surface area contributed by atoms with Gasteiger partial charge in [0, 0.05) is 13.1 Å². The molecule has 1 aromatic rings. The second-order valence-corrected chi connectivity index (χ2v) is 5.28. The van der Waals surface area contributed by atoms with Gasteiger partial charge in [-0.3, -0.25) is 0 Å². The Bertz CT molecular complexity index is 457. The number of hydrogen-bond donors (Lipinski definition) is 1. The highest BCUT2D eigenvalue weighted by atomic mass is 19.4. The van der Waals surface area contributed by atoms with Crippen LogP contribution in [0.3, 0.4) is 0 Å². The molecule has 0 aromatic heterocycles. The van der Waals surface area contributed by atoms with E-state index >= 15 is 0 Å². The maximum absolute atomic E-state index is 13.0.